The second kappa shape index (κ2) is 20.6. The first-order chi connectivity index (χ1) is 26.6. The summed E-state index contributed by atoms with van der Waals surface area (Å²) in [4.78, 5) is 95.4. The fourth-order valence-electron chi connectivity index (χ4n) is 6.36. The third kappa shape index (κ3) is 15.6. The molecule has 0 radical (unpaired) electrons. The van der Waals surface area contributed by atoms with E-state index in [9.17, 15) is 33.6 Å². The average Bonchev–Trinajstić information content (AvgIpc) is 3.14. The molecule has 0 bridgehead atoms. The molecule has 15 heteroatoms. The Morgan fingerprint density at radius 2 is 1.54 bits per heavy atom. The third-order valence-corrected chi connectivity index (χ3v) is 9.33. The van der Waals surface area contributed by atoms with E-state index in [2.05, 4.69) is 16.8 Å². The minimum Gasteiger partial charge on any atom is -0.461 e. The van der Waals surface area contributed by atoms with Gasteiger partial charge in [0.15, 0.2) is 0 Å². The summed E-state index contributed by atoms with van der Waals surface area (Å²) in [5.74, 6) is -3.90. The van der Waals surface area contributed by atoms with Crippen molar-refractivity contribution < 1.29 is 52.5 Å². The number of esters is 3. The van der Waals surface area contributed by atoms with Crippen molar-refractivity contribution in [1.82, 2.24) is 14.7 Å². The van der Waals surface area contributed by atoms with Gasteiger partial charge in [0, 0.05) is 50.9 Å². The van der Waals surface area contributed by atoms with E-state index >= 15 is 0 Å². The molecule has 0 saturated carbocycles. The van der Waals surface area contributed by atoms with Gasteiger partial charge in [0.1, 0.15) is 30.0 Å². The molecular weight excluding hydrogens is 736 g/mol. The topological polar surface area (TPSA) is 178 Å². The van der Waals surface area contributed by atoms with Crippen LogP contribution in [0.5, 0.6) is 0 Å². The van der Waals surface area contributed by atoms with Crippen LogP contribution < -0.4 is 5.32 Å². The summed E-state index contributed by atoms with van der Waals surface area (Å²) < 4.78 is 22.1. The number of carbonyl (C=O) groups is 7. The SMILES string of the molecule is C=CC(=O)OCC(C)(C)C(=O)C(=O)N1CCCC[C@H]1C(=O)O[C@H](CCCN1CCN(C(=O)OC(C)(C)C)CC1)c1cccc(NC(=O)CCC(=O)OC(C)(C)C)c1. The maximum Gasteiger partial charge on any atom is 0.410 e. The van der Waals surface area contributed by atoms with Gasteiger partial charge in [-0.1, -0.05) is 18.7 Å². The Morgan fingerprint density at radius 3 is 2.18 bits per heavy atom. The van der Waals surface area contributed by atoms with Crippen LogP contribution in [0.15, 0.2) is 36.9 Å². The highest BCUT2D eigenvalue weighted by Gasteiger charge is 2.42. The number of piperazine rings is 1. The first kappa shape index (κ1) is 46.6. The first-order valence-electron chi connectivity index (χ1n) is 19.8. The predicted molar refractivity (Wildman–Crippen MR) is 212 cm³/mol. The van der Waals surface area contributed by atoms with Gasteiger partial charge in [-0.25, -0.2) is 14.4 Å². The Hall–Kier alpha value is -4.79. The molecule has 1 N–H and O–H groups in total. The predicted octanol–water partition coefficient (Wildman–Crippen LogP) is 5.37. The number of anilines is 1. The van der Waals surface area contributed by atoms with Crippen LogP contribution in [0.2, 0.25) is 0 Å². The van der Waals surface area contributed by atoms with E-state index in [1.54, 1.807) is 49.9 Å². The van der Waals surface area contributed by atoms with Crippen molar-refractivity contribution in [2.45, 2.75) is 124 Å². The van der Waals surface area contributed by atoms with Gasteiger partial charge in [-0.15, -0.1) is 0 Å². The van der Waals surface area contributed by atoms with Crippen LogP contribution in [0, 0.1) is 5.41 Å². The van der Waals surface area contributed by atoms with Crippen molar-refractivity contribution in [2.24, 2.45) is 5.41 Å². The molecule has 15 nitrogen and oxygen atoms in total. The molecule has 57 heavy (non-hydrogen) atoms. The lowest BCUT2D eigenvalue weighted by atomic mass is 9.87. The van der Waals surface area contributed by atoms with E-state index in [1.165, 1.54) is 18.7 Å². The van der Waals surface area contributed by atoms with Crippen LogP contribution in [0.3, 0.4) is 0 Å². The van der Waals surface area contributed by atoms with Crippen LogP contribution in [-0.4, -0.2) is 119 Å². The zero-order chi connectivity index (χ0) is 42.6. The molecular formula is C42H62N4O11. The van der Waals surface area contributed by atoms with Crippen LogP contribution in [0.4, 0.5) is 10.5 Å². The number of nitrogens with one attached hydrogen (secondary N) is 1. The van der Waals surface area contributed by atoms with Gasteiger partial charge in [-0.05, 0) is 112 Å². The molecule has 316 valence electrons. The number of hydrogen-bond donors (Lipinski definition) is 1. The molecule has 2 heterocycles. The fraction of sp³-hybridized carbons (Fsp3) is 0.643. The van der Waals surface area contributed by atoms with Gasteiger partial charge in [0.05, 0.1) is 11.8 Å². The van der Waals surface area contributed by atoms with Gasteiger partial charge >= 0.3 is 24.0 Å². The summed E-state index contributed by atoms with van der Waals surface area (Å²) in [6, 6.07) is 5.91. The van der Waals surface area contributed by atoms with Crippen molar-refractivity contribution >= 4 is 47.3 Å². The van der Waals surface area contributed by atoms with Crippen LogP contribution in [0.1, 0.15) is 112 Å². The molecule has 0 aromatic heterocycles. The van der Waals surface area contributed by atoms with E-state index in [-0.39, 0.29) is 38.0 Å². The maximum atomic E-state index is 14.0. The van der Waals surface area contributed by atoms with Gasteiger partial charge in [0.2, 0.25) is 11.7 Å². The molecule has 1 aromatic carbocycles. The molecule has 0 unspecified atom stereocenters. The molecule has 2 fully saturated rings. The van der Waals surface area contributed by atoms with Crippen molar-refractivity contribution in [3.63, 3.8) is 0 Å². The van der Waals surface area contributed by atoms with Gasteiger partial charge in [-0.3, -0.25) is 24.1 Å². The smallest absolute Gasteiger partial charge is 0.410 e. The lowest BCUT2D eigenvalue weighted by Crippen LogP contribution is -2.53. The minimum absolute atomic E-state index is 0.0868. The number of likely N-dealkylation sites (tertiary alicyclic amines) is 1. The molecule has 2 aliphatic heterocycles. The summed E-state index contributed by atoms with van der Waals surface area (Å²) in [5, 5.41) is 2.81. The highest BCUT2D eigenvalue weighted by atomic mass is 16.6. The molecule has 2 atom stereocenters. The lowest BCUT2D eigenvalue weighted by molar-refractivity contribution is -0.165. The normalized spacial score (nSPS) is 17.2. The second-order valence-electron chi connectivity index (χ2n) is 17.2. The molecule has 0 aliphatic carbocycles. The average molecular weight is 799 g/mol. The Labute approximate surface area is 336 Å². The summed E-state index contributed by atoms with van der Waals surface area (Å²) >= 11 is 0. The van der Waals surface area contributed by atoms with Crippen LogP contribution >= 0.6 is 0 Å². The van der Waals surface area contributed by atoms with Crippen molar-refractivity contribution in [2.75, 3.05) is 51.2 Å². The quantitative estimate of drug-likeness (QED) is 0.0981. The van der Waals surface area contributed by atoms with E-state index in [0.29, 0.717) is 76.1 Å². The van der Waals surface area contributed by atoms with E-state index in [1.807, 2.05) is 20.8 Å². The maximum absolute atomic E-state index is 14.0. The van der Waals surface area contributed by atoms with Gasteiger partial charge < -0.3 is 34.1 Å². The highest BCUT2D eigenvalue weighted by Crippen LogP contribution is 2.30. The zero-order valence-corrected chi connectivity index (χ0v) is 35.0. The summed E-state index contributed by atoms with van der Waals surface area (Å²) in [6.07, 6.45) is 2.21. The Morgan fingerprint density at radius 1 is 0.877 bits per heavy atom. The van der Waals surface area contributed by atoms with Crippen molar-refractivity contribution in [3.8, 4) is 0 Å². The molecule has 2 saturated heterocycles. The fourth-order valence-corrected chi connectivity index (χ4v) is 6.36. The third-order valence-electron chi connectivity index (χ3n) is 9.33. The standard InChI is InChI=1S/C42H62N4O11/c1-10-34(48)54-28-42(8,9)36(50)37(51)46-22-12-11-17-31(46)38(52)55-32(18-14-21-44-23-25-45(26-24-44)39(53)57-41(5,6)7)29-15-13-16-30(27-29)43-33(47)19-20-35(49)56-40(2,3)4/h10,13,15-16,27,31-32H,1,11-12,14,17-26,28H2,2-9H3,(H,43,47)/t31-,32+/m0/s1. The largest absolute Gasteiger partial charge is 0.461 e. The van der Waals surface area contributed by atoms with Crippen LogP contribution in [-0.2, 0) is 47.7 Å². The number of hydrogen-bond acceptors (Lipinski definition) is 12. The summed E-state index contributed by atoms with van der Waals surface area (Å²) in [6.45, 7) is 19.9. The van der Waals surface area contributed by atoms with E-state index in [4.69, 9.17) is 18.9 Å². The molecule has 3 rings (SSSR count). The highest BCUT2D eigenvalue weighted by molar-refractivity contribution is 6.38. The van der Waals surface area contributed by atoms with Crippen molar-refractivity contribution in [1.29, 1.82) is 0 Å². The number of Topliss-reactive ketones (excluding diaryl/α,β-unsaturated/α-hetero) is 1. The minimum atomic E-state index is -1.35. The van der Waals surface area contributed by atoms with E-state index in [0.717, 1.165) is 6.08 Å². The molecule has 0 spiro atoms. The number of ketones is 1. The first-order valence-corrected chi connectivity index (χ1v) is 19.8. The van der Waals surface area contributed by atoms with Gasteiger partial charge in [-0.2, -0.15) is 0 Å². The van der Waals surface area contributed by atoms with Crippen LogP contribution in [0.25, 0.3) is 0 Å². The number of piperidine rings is 1. The molecule has 2 aliphatic rings. The number of benzene rings is 1. The van der Waals surface area contributed by atoms with E-state index < -0.39 is 58.4 Å². The van der Waals surface area contributed by atoms with Gasteiger partial charge in [0.25, 0.3) is 5.91 Å². The number of ether oxygens (including phenoxy) is 4. The number of nitrogens with zero attached hydrogens (tertiary/aromatic N) is 3. The molecule has 3 amide bonds. The number of amides is 3. The lowest BCUT2D eigenvalue weighted by Gasteiger charge is -2.36. The Bertz CT molecular complexity index is 1620. The zero-order valence-electron chi connectivity index (χ0n) is 35.0. The summed E-state index contributed by atoms with van der Waals surface area (Å²) in [5.41, 5.74) is -1.55. The monoisotopic (exact) mass is 798 g/mol. The Balaban J connectivity index is 1.75. The summed E-state index contributed by atoms with van der Waals surface area (Å²) in [7, 11) is 0. The Kier molecular flexibility index (Phi) is 16.8. The number of rotatable bonds is 16. The van der Waals surface area contributed by atoms with Crippen molar-refractivity contribution in [3.05, 3.63) is 42.5 Å². The molecule has 1 aromatic rings. The number of carbonyl (C=O) groups excluding carboxylic acids is 7. The second-order valence-corrected chi connectivity index (χ2v) is 17.2.